The summed E-state index contributed by atoms with van der Waals surface area (Å²) in [5.74, 6) is -1.06. The first-order valence-electron chi connectivity index (χ1n) is 7.79. The average Bonchev–Trinajstić information content (AvgIpc) is 2.76. The smallest absolute Gasteiger partial charge is 0.193 e. The Morgan fingerprint density at radius 2 is 1.91 bits per heavy atom. The molecule has 0 radical (unpaired) electrons. The molecule has 1 aromatic rings. The van der Waals surface area contributed by atoms with Gasteiger partial charge in [0, 0.05) is 6.07 Å². The Hall–Kier alpha value is -0.960. The van der Waals surface area contributed by atoms with Gasteiger partial charge in [0.25, 0.3) is 0 Å². The molecule has 0 atom stereocenters. The lowest BCUT2D eigenvalue weighted by Gasteiger charge is -2.14. The number of halogens is 3. The highest BCUT2D eigenvalue weighted by molar-refractivity contribution is 14.0. The molecular formula is C16H24F2IN3O. The van der Waals surface area contributed by atoms with Gasteiger partial charge in [-0.05, 0) is 25.0 Å². The van der Waals surface area contributed by atoms with Crippen molar-refractivity contribution < 1.29 is 13.5 Å². The Balaban J connectivity index is 0.00000264. The summed E-state index contributed by atoms with van der Waals surface area (Å²) in [5, 5.41) is 2.56. The van der Waals surface area contributed by atoms with Crippen LogP contribution in [0.5, 0.6) is 0 Å². The molecule has 1 saturated carbocycles. The van der Waals surface area contributed by atoms with Crippen LogP contribution in [0.15, 0.2) is 23.2 Å². The van der Waals surface area contributed by atoms with Gasteiger partial charge in [-0.15, -0.1) is 24.0 Å². The summed E-state index contributed by atoms with van der Waals surface area (Å²) in [6, 6.07) is 3.13. The number of nitrogens with zero attached hydrogens (tertiary/aromatic N) is 1. The van der Waals surface area contributed by atoms with Gasteiger partial charge in [0.2, 0.25) is 0 Å². The maximum Gasteiger partial charge on any atom is 0.193 e. The van der Waals surface area contributed by atoms with Crippen molar-refractivity contribution in [2.24, 2.45) is 10.7 Å². The molecule has 0 spiro atoms. The maximum atomic E-state index is 13.4. The molecular weight excluding hydrogens is 415 g/mol. The number of nitrogens with one attached hydrogen (secondary N) is 1. The number of hydrogen-bond donors (Lipinski definition) is 2. The molecule has 2 rings (SSSR count). The molecule has 0 amide bonds. The molecule has 4 nitrogen and oxygen atoms in total. The van der Waals surface area contributed by atoms with E-state index in [9.17, 15) is 8.78 Å². The minimum Gasteiger partial charge on any atom is -0.376 e. The van der Waals surface area contributed by atoms with Gasteiger partial charge in [-0.1, -0.05) is 25.7 Å². The summed E-state index contributed by atoms with van der Waals surface area (Å²) >= 11 is 0. The molecule has 7 heteroatoms. The largest absolute Gasteiger partial charge is 0.376 e. The van der Waals surface area contributed by atoms with Crippen molar-refractivity contribution in [3.05, 3.63) is 29.8 Å². The molecule has 1 aromatic carbocycles. The Labute approximate surface area is 152 Å². The van der Waals surface area contributed by atoms with E-state index in [0.717, 1.165) is 31.0 Å². The van der Waals surface area contributed by atoms with Crippen molar-refractivity contribution in [2.45, 2.75) is 44.6 Å². The zero-order chi connectivity index (χ0) is 15.8. The molecule has 0 saturated heterocycles. The summed E-state index contributed by atoms with van der Waals surface area (Å²) in [6.45, 7) is 0.880. The zero-order valence-electron chi connectivity index (χ0n) is 13.1. The number of guanidine groups is 1. The summed E-state index contributed by atoms with van der Waals surface area (Å²) < 4.78 is 32.3. The van der Waals surface area contributed by atoms with Crippen LogP contribution in [0, 0.1) is 11.6 Å². The first-order valence-corrected chi connectivity index (χ1v) is 7.79. The van der Waals surface area contributed by atoms with E-state index in [0.29, 0.717) is 19.3 Å². The third kappa shape index (κ3) is 7.43. The van der Waals surface area contributed by atoms with Crippen molar-refractivity contribution in [1.29, 1.82) is 0 Å². The van der Waals surface area contributed by atoms with E-state index in [1.165, 1.54) is 25.7 Å². The third-order valence-corrected chi connectivity index (χ3v) is 3.72. The third-order valence-electron chi connectivity index (χ3n) is 3.72. The number of hydrogen-bond acceptors (Lipinski definition) is 2. The van der Waals surface area contributed by atoms with Crippen molar-refractivity contribution >= 4 is 35.6 Å². The summed E-state index contributed by atoms with van der Waals surface area (Å²) in [7, 11) is 0. The standard InChI is InChI=1S/C16H23F2N3O.HI/c17-12-7-8-14(18)15(11-12)21-16(19)20-9-10-22-13-5-3-1-2-4-6-13;/h7-8,11,13H,1-6,9-10H2,(H3,19,20,21);1H. The SMILES string of the molecule is I.NC(=NCCOC1CCCCCC1)Nc1cc(F)ccc1F. The highest BCUT2D eigenvalue weighted by Gasteiger charge is 2.12. The lowest BCUT2D eigenvalue weighted by Crippen LogP contribution is -2.24. The highest BCUT2D eigenvalue weighted by Crippen LogP contribution is 2.19. The topological polar surface area (TPSA) is 59.6 Å². The van der Waals surface area contributed by atoms with E-state index >= 15 is 0 Å². The van der Waals surface area contributed by atoms with Gasteiger partial charge in [-0.3, -0.25) is 4.99 Å². The molecule has 1 aliphatic carbocycles. The van der Waals surface area contributed by atoms with Crippen LogP contribution in [0.25, 0.3) is 0 Å². The molecule has 1 aliphatic rings. The maximum absolute atomic E-state index is 13.4. The Morgan fingerprint density at radius 3 is 2.61 bits per heavy atom. The predicted molar refractivity (Wildman–Crippen MR) is 99.3 cm³/mol. The van der Waals surface area contributed by atoms with Gasteiger partial charge in [-0.2, -0.15) is 0 Å². The van der Waals surface area contributed by atoms with E-state index in [1.54, 1.807) is 0 Å². The molecule has 0 heterocycles. The zero-order valence-corrected chi connectivity index (χ0v) is 15.4. The predicted octanol–water partition coefficient (Wildman–Crippen LogP) is 4.05. The first-order chi connectivity index (χ1) is 10.6. The Kier molecular flexibility index (Phi) is 9.39. The van der Waals surface area contributed by atoms with Crippen LogP contribution in [0.2, 0.25) is 0 Å². The van der Waals surface area contributed by atoms with Gasteiger partial charge in [0.15, 0.2) is 5.96 Å². The van der Waals surface area contributed by atoms with Crippen LogP contribution in [-0.4, -0.2) is 25.2 Å². The molecule has 130 valence electrons. The second-order valence-corrected chi connectivity index (χ2v) is 5.50. The van der Waals surface area contributed by atoms with Crippen LogP contribution in [0.1, 0.15) is 38.5 Å². The fourth-order valence-electron chi connectivity index (χ4n) is 2.56. The van der Waals surface area contributed by atoms with E-state index in [2.05, 4.69) is 10.3 Å². The van der Waals surface area contributed by atoms with E-state index < -0.39 is 11.6 Å². The average molecular weight is 439 g/mol. The van der Waals surface area contributed by atoms with Crippen LogP contribution in [0.4, 0.5) is 14.5 Å². The van der Waals surface area contributed by atoms with Crippen molar-refractivity contribution in [2.75, 3.05) is 18.5 Å². The number of anilines is 1. The van der Waals surface area contributed by atoms with Gasteiger partial charge in [0.05, 0.1) is 24.9 Å². The van der Waals surface area contributed by atoms with Gasteiger partial charge in [-0.25, -0.2) is 8.78 Å². The number of aliphatic imine (C=N–C) groups is 1. The number of rotatable bonds is 5. The molecule has 3 N–H and O–H groups in total. The first kappa shape index (κ1) is 20.1. The fraction of sp³-hybridized carbons (Fsp3) is 0.562. The summed E-state index contributed by atoms with van der Waals surface area (Å²) in [4.78, 5) is 4.07. The molecule has 23 heavy (non-hydrogen) atoms. The Bertz CT molecular complexity index is 506. The highest BCUT2D eigenvalue weighted by atomic mass is 127. The van der Waals surface area contributed by atoms with Crippen molar-refractivity contribution in [3.63, 3.8) is 0 Å². The number of benzene rings is 1. The second-order valence-electron chi connectivity index (χ2n) is 5.50. The lowest BCUT2D eigenvalue weighted by molar-refractivity contribution is 0.0487. The van der Waals surface area contributed by atoms with Crippen LogP contribution >= 0.6 is 24.0 Å². The summed E-state index contributed by atoms with van der Waals surface area (Å²) in [6.07, 6.45) is 7.53. The molecule has 0 aliphatic heterocycles. The van der Waals surface area contributed by atoms with Crippen LogP contribution in [0.3, 0.4) is 0 Å². The number of nitrogens with two attached hydrogens (primary N) is 1. The lowest BCUT2D eigenvalue weighted by atomic mass is 10.1. The molecule has 0 aromatic heterocycles. The Morgan fingerprint density at radius 1 is 1.22 bits per heavy atom. The van der Waals surface area contributed by atoms with E-state index in [1.807, 2.05) is 0 Å². The fourth-order valence-corrected chi connectivity index (χ4v) is 2.56. The van der Waals surface area contributed by atoms with Crippen LogP contribution < -0.4 is 11.1 Å². The molecule has 0 bridgehead atoms. The van der Waals surface area contributed by atoms with Gasteiger partial charge >= 0.3 is 0 Å². The molecule has 1 fully saturated rings. The monoisotopic (exact) mass is 439 g/mol. The minimum absolute atomic E-state index is 0. The van der Waals surface area contributed by atoms with E-state index in [-0.39, 0.29) is 35.6 Å². The van der Waals surface area contributed by atoms with Crippen molar-refractivity contribution in [1.82, 2.24) is 0 Å². The van der Waals surface area contributed by atoms with Gasteiger partial charge in [0.1, 0.15) is 11.6 Å². The van der Waals surface area contributed by atoms with E-state index in [4.69, 9.17) is 10.5 Å². The minimum atomic E-state index is -0.575. The van der Waals surface area contributed by atoms with Crippen molar-refractivity contribution in [3.8, 4) is 0 Å². The number of ether oxygens (including phenoxy) is 1. The molecule has 0 unspecified atom stereocenters. The van der Waals surface area contributed by atoms with Gasteiger partial charge < -0.3 is 15.8 Å². The quantitative estimate of drug-likeness (QED) is 0.239. The second kappa shape index (κ2) is 10.7. The normalized spacial score (nSPS) is 16.5. The summed E-state index contributed by atoms with van der Waals surface area (Å²) in [5.41, 5.74) is 5.64. The van der Waals surface area contributed by atoms with Crippen LogP contribution in [-0.2, 0) is 4.74 Å².